The van der Waals surface area contributed by atoms with E-state index < -0.39 is 0 Å². The van der Waals surface area contributed by atoms with Crippen LogP contribution in [0.2, 0.25) is 0 Å². The van der Waals surface area contributed by atoms with Crippen molar-refractivity contribution >= 4 is 34.7 Å². The molecule has 150 valence electrons. The molecule has 0 spiro atoms. The van der Waals surface area contributed by atoms with Crippen LogP contribution in [0, 0.1) is 6.92 Å². The highest BCUT2D eigenvalue weighted by Crippen LogP contribution is 2.29. The van der Waals surface area contributed by atoms with Crippen molar-refractivity contribution in [3.63, 3.8) is 0 Å². The standard InChI is InChI=1S/C22H23N3O2S2/c1-15-8-10-16(11-9-15)23-20(26)14-29-21-18-6-2-3-7-19(18)25(22(27)24-21)13-17-5-4-12-28-17/h4-5,8-12H,2-3,6-7,13-14H2,1H3,(H,23,26). The van der Waals surface area contributed by atoms with Crippen molar-refractivity contribution in [1.29, 1.82) is 0 Å². The zero-order chi connectivity index (χ0) is 20.2. The lowest BCUT2D eigenvalue weighted by molar-refractivity contribution is -0.113. The Bertz CT molecular complexity index is 1060. The minimum Gasteiger partial charge on any atom is -0.325 e. The monoisotopic (exact) mass is 425 g/mol. The Morgan fingerprint density at radius 1 is 1.21 bits per heavy atom. The molecule has 1 amide bonds. The zero-order valence-corrected chi connectivity index (χ0v) is 17.9. The highest BCUT2D eigenvalue weighted by atomic mass is 32.2. The van der Waals surface area contributed by atoms with Gasteiger partial charge >= 0.3 is 5.69 Å². The van der Waals surface area contributed by atoms with Crippen LogP contribution in [0.15, 0.2) is 51.6 Å². The minimum absolute atomic E-state index is 0.0898. The Balaban J connectivity index is 1.51. The molecule has 7 heteroatoms. The van der Waals surface area contributed by atoms with Gasteiger partial charge in [-0.15, -0.1) is 11.3 Å². The molecule has 0 atom stereocenters. The molecular weight excluding hydrogens is 402 g/mol. The molecule has 4 rings (SSSR count). The maximum Gasteiger partial charge on any atom is 0.349 e. The number of benzene rings is 1. The molecule has 1 aliphatic rings. The maximum atomic E-state index is 12.7. The molecule has 1 aromatic carbocycles. The van der Waals surface area contributed by atoms with E-state index in [1.807, 2.05) is 53.3 Å². The van der Waals surface area contributed by atoms with Crippen LogP contribution < -0.4 is 11.0 Å². The largest absolute Gasteiger partial charge is 0.349 e. The lowest BCUT2D eigenvalue weighted by Crippen LogP contribution is -2.30. The molecule has 1 N–H and O–H groups in total. The summed E-state index contributed by atoms with van der Waals surface area (Å²) < 4.78 is 1.82. The van der Waals surface area contributed by atoms with Crippen molar-refractivity contribution in [1.82, 2.24) is 9.55 Å². The third kappa shape index (κ3) is 4.79. The van der Waals surface area contributed by atoms with Gasteiger partial charge in [-0.05, 0) is 56.2 Å². The van der Waals surface area contributed by atoms with Crippen molar-refractivity contribution in [2.45, 2.75) is 44.2 Å². The molecule has 0 unspecified atom stereocenters. The van der Waals surface area contributed by atoms with Crippen LogP contribution in [0.3, 0.4) is 0 Å². The number of aryl methyl sites for hydroxylation is 1. The maximum absolute atomic E-state index is 12.7. The number of thiophene rings is 1. The van der Waals surface area contributed by atoms with Gasteiger partial charge in [-0.2, -0.15) is 4.98 Å². The predicted octanol–water partition coefficient (Wildman–Crippen LogP) is 4.27. The van der Waals surface area contributed by atoms with Gasteiger partial charge in [0.05, 0.1) is 12.3 Å². The number of nitrogens with zero attached hydrogens (tertiary/aromatic N) is 2. The van der Waals surface area contributed by atoms with Crippen LogP contribution in [0.25, 0.3) is 0 Å². The molecule has 2 aromatic heterocycles. The lowest BCUT2D eigenvalue weighted by Gasteiger charge is -2.22. The number of hydrogen-bond donors (Lipinski definition) is 1. The summed E-state index contributed by atoms with van der Waals surface area (Å²) in [5, 5.41) is 5.64. The summed E-state index contributed by atoms with van der Waals surface area (Å²) in [6.45, 7) is 2.58. The van der Waals surface area contributed by atoms with E-state index in [1.165, 1.54) is 11.8 Å². The summed E-state index contributed by atoms with van der Waals surface area (Å²) in [6.07, 6.45) is 3.98. The average molecular weight is 426 g/mol. The van der Waals surface area contributed by atoms with Gasteiger partial charge in [-0.1, -0.05) is 35.5 Å². The second-order valence-electron chi connectivity index (χ2n) is 7.20. The van der Waals surface area contributed by atoms with E-state index in [2.05, 4.69) is 10.3 Å². The summed E-state index contributed by atoms with van der Waals surface area (Å²) in [5.74, 6) is 0.148. The summed E-state index contributed by atoms with van der Waals surface area (Å²) in [6, 6.07) is 11.8. The minimum atomic E-state index is -0.222. The highest BCUT2D eigenvalue weighted by molar-refractivity contribution is 8.00. The van der Waals surface area contributed by atoms with Crippen molar-refractivity contribution < 1.29 is 4.79 Å². The Kier molecular flexibility index (Phi) is 6.16. The van der Waals surface area contributed by atoms with Crippen molar-refractivity contribution in [2.75, 3.05) is 11.1 Å². The molecular formula is C22H23N3O2S2. The molecule has 1 aliphatic carbocycles. The number of carbonyl (C=O) groups is 1. The van der Waals surface area contributed by atoms with E-state index in [-0.39, 0.29) is 17.3 Å². The number of rotatable bonds is 6. The third-order valence-corrected chi connectivity index (χ3v) is 6.90. The molecule has 0 bridgehead atoms. The fourth-order valence-electron chi connectivity index (χ4n) is 3.56. The van der Waals surface area contributed by atoms with Crippen LogP contribution >= 0.6 is 23.1 Å². The Hall–Kier alpha value is -2.38. The first-order chi connectivity index (χ1) is 14.1. The van der Waals surface area contributed by atoms with Gasteiger partial charge in [0.25, 0.3) is 0 Å². The molecule has 2 heterocycles. The first-order valence-corrected chi connectivity index (χ1v) is 11.6. The molecule has 0 radical (unpaired) electrons. The van der Waals surface area contributed by atoms with Gasteiger partial charge in [0, 0.05) is 21.8 Å². The smallest absolute Gasteiger partial charge is 0.325 e. The Morgan fingerprint density at radius 3 is 2.76 bits per heavy atom. The third-order valence-electron chi connectivity index (χ3n) is 5.02. The van der Waals surface area contributed by atoms with Crippen LogP contribution in [0.1, 0.15) is 34.5 Å². The summed E-state index contributed by atoms with van der Waals surface area (Å²) in [7, 11) is 0. The number of amides is 1. The lowest BCUT2D eigenvalue weighted by atomic mass is 9.97. The van der Waals surface area contributed by atoms with E-state index in [1.54, 1.807) is 11.3 Å². The first-order valence-electron chi connectivity index (χ1n) is 9.74. The van der Waals surface area contributed by atoms with E-state index in [9.17, 15) is 9.59 Å². The van der Waals surface area contributed by atoms with Crippen molar-refractivity contribution in [2.24, 2.45) is 0 Å². The van der Waals surface area contributed by atoms with Crippen molar-refractivity contribution in [3.8, 4) is 0 Å². The molecule has 5 nitrogen and oxygen atoms in total. The number of hydrogen-bond acceptors (Lipinski definition) is 5. The molecule has 0 saturated carbocycles. The van der Waals surface area contributed by atoms with Crippen molar-refractivity contribution in [3.05, 3.63) is 74.0 Å². The van der Waals surface area contributed by atoms with Crippen LogP contribution in [0.5, 0.6) is 0 Å². The Morgan fingerprint density at radius 2 is 2.00 bits per heavy atom. The molecule has 0 aliphatic heterocycles. The second-order valence-corrected chi connectivity index (χ2v) is 9.20. The molecule has 29 heavy (non-hydrogen) atoms. The van der Waals surface area contributed by atoms with Gasteiger partial charge < -0.3 is 5.32 Å². The summed E-state index contributed by atoms with van der Waals surface area (Å²) in [4.78, 5) is 30.6. The number of nitrogens with one attached hydrogen (secondary N) is 1. The number of thioether (sulfide) groups is 1. The zero-order valence-electron chi connectivity index (χ0n) is 16.3. The van der Waals surface area contributed by atoms with E-state index in [4.69, 9.17) is 0 Å². The molecule has 0 fully saturated rings. The fourth-order valence-corrected chi connectivity index (χ4v) is 5.13. The summed E-state index contributed by atoms with van der Waals surface area (Å²) >= 11 is 3.01. The van der Waals surface area contributed by atoms with Gasteiger partial charge in [-0.3, -0.25) is 9.36 Å². The van der Waals surface area contributed by atoms with Crippen LogP contribution in [0.4, 0.5) is 5.69 Å². The number of fused-ring (bicyclic) bond motifs is 1. The average Bonchev–Trinajstić information content (AvgIpc) is 3.24. The Labute approximate surface area is 178 Å². The topological polar surface area (TPSA) is 64.0 Å². The van der Waals surface area contributed by atoms with Crippen LogP contribution in [-0.2, 0) is 24.2 Å². The van der Waals surface area contributed by atoms with Crippen LogP contribution in [-0.4, -0.2) is 21.2 Å². The van der Waals surface area contributed by atoms with Gasteiger partial charge in [0.1, 0.15) is 5.03 Å². The molecule has 3 aromatic rings. The van der Waals surface area contributed by atoms with Gasteiger partial charge in [-0.25, -0.2) is 4.79 Å². The van der Waals surface area contributed by atoms with Gasteiger partial charge in [0.2, 0.25) is 5.91 Å². The van der Waals surface area contributed by atoms with E-state index in [0.717, 1.165) is 53.1 Å². The first kappa shape index (κ1) is 19.9. The normalized spacial score (nSPS) is 13.1. The van der Waals surface area contributed by atoms with Gasteiger partial charge in [0.15, 0.2) is 0 Å². The van der Waals surface area contributed by atoms with E-state index >= 15 is 0 Å². The quantitative estimate of drug-likeness (QED) is 0.473. The molecule has 0 saturated heterocycles. The SMILES string of the molecule is Cc1ccc(NC(=O)CSc2nc(=O)n(Cc3cccs3)c3c2CCCC3)cc1. The number of carbonyl (C=O) groups excluding carboxylic acids is 1. The number of aromatic nitrogens is 2. The predicted molar refractivity (Wildman–Crippen MR) is 119 cm³/mol. The highest BCUT2D eigenvalue weighted by Gasteiger charge is 2.21. The summed E-state index contributed by atoms with van der Waals surface area (Å²) in [5.41, 5.74) is 3.94. The van der Waals surface area contributed by atoms with E-state index in [0.29, 0.717) is 11.6 Å². The fraction of sp³-hybridized carbons (Fsp3) is 0.318. The number of anilines is 1. The second kappa shape index (κ2) is 8.97.